The molecule has 150 valence electrons. The van der Waals surface area contributed by atoms with Crippen LogP contribution in [0.1, 0.15) is 5.56 Å². The van der Waals surface area contributed by atoms with Crippen LogP contribution in [0.5, 0.6) is 5.75 Å². The fourth-order valence-electron chi connectivity index (χ4n) is 3.41. The second-order valence-electron chi connectivity index (χ2n) is 6.90. The molecule has 1 amide bonds. The number of nitrogens with zero attached hydrogens (tertiary/aromatic N) is 2. The summed E-state index contributed by atoms with van der Waals surface area (Å²) < 4.78 is 18.7. The van der Waals surface area contributed by atoms with E-state index in [4.69, 9.17) is 16.3 Å². The second-order valence-corrected chi connectivity index (χ2v) is 7.34. The van der Waals surface area contributed by atoms with Crippen molar-refractivity contribution in [1.82, 2.24) is 15.1 Å². The van der Waals surface area contributed by atoms with E-state index < -0.39 is 0 Å². The monoisotopic (exact) mass is 405 g/mol. The van der Waals surface area contributed by atoms with Gasteiger partial charge in [0.05, 0.1) is 6.04 Å². The van der Waals surface area contributed by atoms with Crippen molar-refractivity contribution in [3.8, 4) is 5.75 Å². The lowest BCUT2D eigenvalue weighted by molar-refractivity contribution is -0.138. The molecule has 3 rings (SSSR count). The van der Waals surface area contributed by atoms with E-state index in [2.05, 4.69) is 10.2 Å². The molecule has 1 fully saturated rings. The molecule has 1 N–H and O–H groups in total. The fraction of sp³-hybridized carbons (Fsp3) is 0.381. The van der Waals surface area contributed by atoms with Crippen LogP contribution in [0.25, 0.3) is 0 Å². The number of benzene rings is 2. The molecule has 0 aromatic heterocycles. The SMILES string of the molecule is CNCC1CN(Cc2ccc(F)cc2)CCN1C(=O)COc1ccc(Cl)cc1. The third-order valence-corrected chi connectivity index (χ3v) is 5.07. The van der Waals surface area contributed by atoms with Crippen LogP contribution in [-0.2, 0) is 11.3 Å². The van der Waals surface area contributed by atoms with Crippen LogP contribution in [0.3, 0.4) is 0 Å². The molecule has 0 spiro atoms. The van der Waals surface area contributed by atoms with E-state index in [0.717, 1.165) is 25.2 Å². The average Bonchev–Trinajstić information content (AvgIpc) is 2.70. The Balaban J connectivity index is 1.56. The van der Waals surface area contributed by atoms with Gasteiger partial charge in [-0.05, 0) is 49.0 Å². The highest BCUT2D eigenvalue weighted by Crippen LogP contribution is 2.17. The van der Waals surface area contributed by atoms with Crippen molar-refractivity contribution in [1.29, 1.82) is 0 Å². The van der Waals surface area contributed by atoms with Gasteiger partial charge in [0, 0.05) is 37.7 Å². The van der Waals surface area contributed by atoms with E-state index in [1.165, 1.54) is 12.1 Å². The Morgan fingerprint density at radius 2 is 1.89 bits per heavy atom. The Kier molecular flexibility index (Phi) is 7.25. The number of piperazine rings is 1. The van der Waals surface area contributed by atoms with Gasteiger partial charge in [0.25, 0.3) is 5.91 Å². The predicted molar refractivity (Wildman–Crippen MR) is 108 cm³/mol. The number of carbonyl (C=O) groups is 1. The molecule has 1 unspecified atom stereocenters. The summed E-state index contributed by atoms with van der Waals surface area (Å²) in [6, 6.07) is 13.6. The predicted octanol–water partition coefficient (Wildman–Crippen LogP) is 2.79. The molecule has 0 saturated carbocycles. The first-order valence-electron chi connectivity index (χ1n) is 9.34. The summed E-state index contributed by atoms with van der Waals surface area (Å²) in [6.07, 6.45) is 0. The number of carbonyl (C=O) groups excluding carboxylic acids is 1. The first-order chi connectivity index (χ1) is 13.5. The summed E-state index contributed by atoms with van der Waals surface area (Å²) in [7, 11) is 1.88. The third kappa shape index (κ3) is 5.67. The minimum absolute atomic E-state index is 0.000190. The topological polar surface area (TPSA) is 44.8 Å². The zero-order valence-electron chi connectivity index (χ0n) is 15.9. The van der Waals surface area contributed by atoms with Gasteiger partial charge in [0.15, 0.2) is 6.61 Å². The fourth-order valence-corrected chi connectivity index (χ4v) is 3.53. The summed E-state index contributed by atoms with van der Waals surface area (Å²) >= 11 is 5.87. The van der Waals surface area contributed by atoms with Gasteiger partial charge in [-0.2, -0.15) is 0 Å². The van der Waals surface area contributed by atoms with E-state index in [1.54, 1.807) is 36.4 Å². The number of hydrogen-bond acceptors (Lipinski definition) is 4. The Bertz CT molecular complexity index is 770. The van der Waals surface area contributed by atoms with E-state index >= 15 is 0 Å². The van der Waals surface area contributed by atoms with Gasteiger partial charge < -0.3 is 15.0 Å². The van der Waals surface area contributed by atoms with Gasteiger partial charge in [-0.25, -0.2) is 4.39 Å². The minimum Gasteiger partial charge on any atom is -0.484 e. The Morgan fingerprint density at radius 1 is 1.18 bits per heavy atom. The number of amides is 1. The Labute approximate surface area is 170 Å². The highest BCUT2D eigenvalue weighted by molar-refractivity contribution is 6.30. The van der Waals surface area contributed by atoms with Gasteiger partial charge in [0.1, 0.15) is 11.6 Å². The smallest absolute Gasteiger partial charge is 0.260 e. The van der Waals surface area contributed by atoms with E-state index in [1.807, 2.05) is 11.9 Å². The van der Waals surface area contributed by atoms with Crippen LogP contribution >= 0.6 is 11.6 Å². The van der Waals surface area contributed by atoms with Crippen molar-refractivity contribution in [2.75, 3.05) is 39.8 Å². The van der Waals surface area contributed by atoms with Gasteiger partial charge in [-0.15, -0.1) is 0 Å². The molecule has 7 heteroatoms. The lowest BCUT2D eigenvalue weighted by atomic mass is 10.1. The maximum atomic E-state index is 13.1. The van der Waals surface area contributed by atoms with Crippen LogP contribution in [0, 0.1) is 5.82 Å². The van der Waals surface area contributed by atoms with Crippen LogP contribution in [0.2, 0.25) is 5.02 Å². The number of likely N-dealkylation sites (N-methyl/N-ethyl adjacent to an activating group) is 1. The standard InChI is InChI=1S/C21H25ClFN3O2/c1-24-12-19-14-25(13-16-2-6-18(23)7-3-16)10-11-26(19)21(27)15-28-20-8-4-17(22)5-9-20/h2-9,19,24H,10-15H2,1H3. The van der Waals surface area contributed by atoms with Crippen molar-refractivity contribution < 1.29 is 13.9 Å². The average molecular weight is 406 g/mol. The Morgan fingerprint density at radius 3 is 2.57 bits per heavy atom. The largest absolute Gasteiger partial charge is 0.484 e. The third-order valence-electron chi connectivity index (χ3n) is 4.82. The van der Waals surface area contributed by atoms with Gasteiger partial charge in [0.2, 0.25) is 0 Å². The molecule has 0 aliphatic carbocycles. The zero-order chi connectivity index (χ0) is 19.9. The molecular formula is C21H25ClFN3O2. The number of rotatable bonds is 7. The normalized spacial score (nSPS) is 17.5. The van der Waals surface area contributed by atoms with Crippen molar-refractivity contribution in [3.05, 3.63) is 64.9 Å². The molecule has 2 aromatic rings. The molecule has 1 heterocycles. The quantitative estimate of drug-likeness (QED) is 0.769. The summed E-state index contributed by atoms with van der Waals surface area (Å²) in [5.41, 5.74) is 1.07. The maximum Gasteiger partial charge on any atom is 0.260 e. The summed E-state index contributed by atoms with van der Waals surface area (Å²) in [6.45, 7) is 3.60. The summed E-state index contributed by atoms with van der Waals surface area (Å²) in [5.74, 6) is 0.363. The van der Waals surface area contributed by atoms with Crippen LogP contribution < -0.4 is 10.1 Å². The summed E-state index contributed by atoms with van der Waals surface area (Å²) in [4.78, 5) is 16.9. The highest BCUT2D eigenvalue weighted by Gasteiger charge is 2.30. The van der Waals surface area contributed by atoms with Gasteiger partial charge >= 0.3 is 0 Å². The van der Waals surface area contributed by atoms with Gasteiger partial charge in [-0.3, -0.25) is 9.69 Å². The molecule has 1 aliphatic rings. The first kappa shape index (κ1) is 20.6. The lowest BCUT2D eigenvalue weighted by Gasteiger charge is -2.41. The van der Waals surface area contributed by atoms with Crippen molar-refractivity contribution in [3.63, 3.8) is 0 Å². The van der Waals surface area contributed by atoms with Crippen molar-refractivity contribution in [2.45, 2.75) is 12.6 Å². The molecule has 1 aliphatic heterocycles. The molecule has 0 radical (unpaired) electrons. The molecule has 1 atom stereocenters. The molecule has 2 aromatic carbocycles. The summed E-state index contributed by atoms with van der Waals surface area (Å²) in [5, 5.41) is 3.80. The van der Waals surface area contributed by atoms with Gasteiger partial charge in [-0.1, -0.05) is 23.7 Å². The lowest BCUT2D eigenvalue weighted by Crippen LogP contribution is -2.58. The van der Waals surface area contributed by atoms with E-state index in [-0.39, 0.29) is 24.4 Å². The van der Waals surface area contributed by atoms with Crippen molar-refractivity contribution >= 4 is 17.5 Å². The second kappa shape index (κ2) is 9.87. The minimum atomic E-state index is -0.229. The number of hydrogen-bond donors (Lipinski definition) is 1. The molecule has 5 nitrogen and oxygen atoms in total. The zero-order valence-corrected chi connectivity index (χ0v) is 16.7. The van der Waals surface area contributed by atoms with Crippen LogP contribution in [0.15, 0.2) is 48.5 Å². The molecule has 1 saturated heterocycles. The molecule has 28 heavy (non-hydrogen) atoms. The number of ether oxygens (including phenoxy) is 1. The van der Waals surface area contributed by atoms with E-state index in [9.17, 15) is 9.18 Å². The van der Waals surface area contributed by atoms with Crippen LogP contribution in [0.4, 0.5) is 4.39 Å². The maximum absolute atomic E-state index is 13.1. The van der Waals surface area contributed by atoms with Crippen LogP contribution in [-0.4, -0.2) is 61.6 Å². The first-order valence-corrected chi connectivity index (χ1v) is 9.72. The number of nitrogens with one attached hydrogen (secondary N) is 1. The number of halogens is 2. The van der Waals surface area contributed by atoms with Crippen molar-refractivity contribution in [2.24, 2.45) is 0 Å². The molecule has 0 bridgehead atoms. The van der Waals surface area contributed by atoms with E-state index in [0.29, 0.717) is 23.9 Å². The Hall–Kier alpha value is -2.15. The molecular weight excluding hydrogens is 381 g/mol. The highest BCUT2D eigenvalue weighted by atomic mass is 35.5.